The van der Waals surface area contributed by atoms with Crippen molar-refractivity contribution in [1.82, 2.24) is 24.9 Å². The van der Waals surface area contributed by atoms with Crippen LogP contribution in [0.1, 0.15) is 54.0 Å². The van der Waals surface area contributed by atoms with Crippen LogP contribution in [0.2, 0.25) is 10.0 Å². The summed E-state index contributed by atoms with van der Waals surface area (Å²) in [6.45, 7) is 2.46. The maximum Gasteiger partial charge on any atom is 0.404 e. The first-order valence-corrected chi connectivity index (χ1v) is 10.8. The number of carboxylic acid groups (broad SMARTS) is 1. The van der Waals surface area contributed by atoms with E-state index in [1.807, 2.05) is 6.92 Å². The number of ketones is 1. The lowest BCUT2D eigenvalue weighted by molar-refractivity contribution is 0.0985. The fraction of sp³-hybridized carbons (Fsp3) is 0.381. The Kier molecular flexibility index (Phi) is 7.87. The van der Waals surface area contributed by atoms with Gasteiger partial charge in [-0.2, -0.15) is 5.10 Å². The van der Waals surface area contributed by atoms with Crippen molar-refractivity contribution in [3.63, 3.8) is 0 Å². The summed E-state index contributed by atoms with van der Waals surface area (Å²) >= 11 is 12.3. The van der Waals surface area contributed by atoms with Gasteiger partial charge in [0.1, 0.15) is 5.69 Å². The summed E-state index contributed by atoms with van der Waals surface area (Å²) in [4.78, 5) is 31.0. The number of amides is 1. The molecule has 2 N–H and O–H groups in total. The van der Waals surface area contributed by atoms with Crippen molar-refractivity contribution in [1.29, 1.82) is 0 Å². The van der Waals surface area contributed by atoms with Crippen LogP contribution in [-0.4, -0.2) is 50.2 Å². The lowest BCUT2D eigenvalue weighted by Gasteiger charge is -2.08. The molecule has 0 aromatic carbocycles. The largest absolute Gasteiger partial charge is 0.493 e. The van der Waals surface area contributed by atoms with Crippen molar-refractivity contribution in [3.8, 4) is 5.75 Å². The third kappa shape index (κ3) is 5.66. The molecule has 3 aromatic rings. The molecule has 4 rings (SSSR count). The maximum absolute atomic E-state index is 12.9. The molecule has 9 nitrogen and oxygen atoms in total. The minimum atomic E-state index is -0.943. The Labute approximate surface area is 194 Å². The summed E-state index contributed by atoms with van der Waals surface area (Å²) in [5.41, 5.74) is 1.51. The van der Waals surface area contributed by atoms with E-state index in [0.29, 0.717) is 45.2 Å². The number of ether oxygens (including phenoxy) is 1. The normalized spacial score (nSPS) is 12.8. The SMILES string of the molecule is CCCNC(=O)O.COc1ccc(C(=O)Cc2c(Cl)cncc2Cl)n2nc(C3CC3)nc12. The molecule has 0 saturated heterocycles. The van der Waals surface area contributed by atoms with Gasteiger partial charge in [0.25, 0.3) is 0 Å². The number of methoxy groups -OCH3 is 1. The topological polar surface area (TPSA) is 119 Å². The molecule has 0 unspecified atom stereocenters. The third-order valence-corrected chi connectivity index (χ3v) is 5.38. The Morgan fingerprint density at radius 1 is 1.25 bits per heavy atom. The Balaban J connectivity index is 0.000000360. The molecule has 1 saturated carbocycles. The predicted molar refractivity (Wildman–Crippen MR) is 120 cm³/mol. The van der Waals surface area contributed by atoms with Crippen molar-refractivity contribution in [2.24, 2.45) is 0 Å². The molecule has 1 fully saturated rings. The average Bonchev–Trinajstić information content (AvgIpc) is 3.52. The number of hydrogen-bond acceptors (Lipinski definition) is 6. The molecule has 32 heavy (non-hydrogen) atoms. The van der Waals surface area contributed by atoms with Crippen LogP contribution in [0.3, 0.4) is 0 Å². The van der Waals surface area contributed by atoms with Gasteiger partial charge in [0.15, 0.2) is 23.0 Å². The summed E-state index contributed by atoms with van der Waals surface area (Å²) in [6.07, 6.45) is 5.06. The number of aromatic nitrogens is 4. The number of pyridine rings is 2. The molecule has 1 aliphatic rings. The van der Waals surface area contributed by atoms with Crippen LogP contribution in [0.5, 0.6) is 5.75 Å². The Hall–Kier alpha value is -2.91. The predicted octanol–water partition coefficient (Wildman–Crippen LogP) is 4.41. The van der Waals surface area contributed by atoms with Gasteiger partial charge in [0, 0.05) is 36.8 Å². The van der Waals surface area contributed by atoms with E-state index >= 15 is 0 Å². The second kappa shape index (κ2) is 10.6. The van der Waals surface area contributed by atoms with Crippen molar-refractivity contribution in [2.75, 3.05) is 13.7 Å². The number of halogens is 2. The number of carbonyl (C=O) groups excluding carboxylic acids is 1. The van der Waals surface area contributed by atoms with E-state index in [2.05, 4.69) is 20.4 Å². The Morgan fingerprint density at radius 2 is 1.94 bits per heavy atom. The van der Waals surface area contributed by atoms with Crippen molar-refractivity contribution in [3.05, 3.63) is 51.7 Å². The Morgan fingerprint density at radius 3 is 2.47 bits per heavy atom. The van der Waals surface area contributed by atoms with Crippen LogP contribution in [0.4, 0.5) is 4.79 Å². The van der Waals surface area contributed by atoms with Crippen molar-refractivity contribution in [2.45, 2.75) is 38.5 Å². The number of rotatable bonds is 7. The smallest absolute Gasteiger partial charge is 0.404 e. The number of carbonyl (C=O) groups is 2. The molecule has 0 aliphatic heterocycles. The van der Waals surface area contributed by atoms with Crippen LogP contribution in [0, 0.1) is 0 Å². The summed E-state index contributed by atoms with van der Waals surface area (Å²) in [7, 11) is 1.57. The highest BCUT2D eigenvalue weighted by Gasteiger charge is 2.29. The quantitative estimate of drug-likeness (QED) is 0.481. The van der Waals surface area contributed by atoms with E-state index in [4.69, 9.17) is 33.0 Å². The van der Waals surface area contributed by atoms with Gasteiger partial charge >= 0.3 is 6.09 Å². The lowest BCUT2D eigenvalue weighted by atomic mass is 10.1. The van der Waals surface area contributed by atoms with Gasteiger partial charge in [-0.3, -0.25) is 9.78 Å². The van der Waals surface area contributed by atoms with Crippen LogP contribution in [0.25, 0.3) is 5.65 Å². The molecule has 0 radical (unpaired) electrons. The molecule has 170 valence electrons. The average molecular weight is 480 g/mol. The van der Waals surface area contributed by atoms with Gasteiger partial charge in [-0.05, 0) is 31.4 Å². The molecule has 1 aliphatic carbocycles. The zero-order valence-electron chi connectivity index (χ0n) is 17.6. The molecule has 0 atom stereocenters. The first-order chi connectivity index (χ1) is 15.3. The summed E-state index contributed by atoms with van der Waals surface area (Å²) in [6, 6.07) is 3.41. The molecule has 0 spiro atoms. The van der Waals surface area contributed by atoms with E-state index in [-0.39, 0.29) is 12.2 Å². The number of hydrogen-bond donors (Lipinski definition) is 2. The summed E-state index contributed by atoms with van der Waals surface area (Å²) in [5, 5.41) is 15.4. The zero-order valence-corrected chi connectivity index (χ0v) is 19.2. The van der Waals surface area contributed by atoms with Gasteiger partial charge in [0.05, 0.1) is 17.2 Å². The van der Waals surface area contributed by atoms with E-state index in [1.165, 1.54) is 12.4 Å². The Bertz CT molecular complexity index is 1110. The van der Waals surface area contributed by atoms with E-state index in [1.54, 1.807) is 23.8 Å². The molecule has 11 heteroatoms. The first kappa shape index (κ1) is 23.7. The maximum atomic E-state index is 12.9. The second-order valence-electron chi connectivity index (χ2n) is 7.18. The van der Waals surface area contributed by atoms with E-state index in [0.717, 1.165) is 25.1 Å². The highest BCUT2D eigenvalue weighted by Crippen LogP contribution is 2.39. The monoisotopic (exact) mass is 479 g/mol. The lowest BCUT2D eigenvalue weighted by Crippen LogP contribution is -2.20. The van der Waals surface area contributed by atoms with Crippen LogP contribution < -0.4 is 10.1 Å². The van der Waals surface area contributed by atoms with Crippen LogP contribution in [0.15, 0.2) is 24.5 Å². The third-order valence-electron chi connectivity index (χ3n) is 4.73. The van der Waals surface area contributed by atoms with Crippen molar-refractivity contribution >= 4 is 40.7 Å². The van der Waals surface area contributed by atoms with Gasteiger partial charge < -0.3 is 15.2 Å². The van der Waals surface area contributed by atoms with Gasteiger partial charge in [-0.15, -0.1) is 0 Å². The fourth-order valence-corrected chi connectivity index (χ4v) is 3.43. The summed E-state index contributed by atoms with van der Waals surface area (Å²) in [5.74, 6) is 1.54. The number of nitrogens with one attached hydrogen (secondary N) is 1. The number of fused-ring (bicyclic) bond motifs is 1. The standard InChI is InChI=1S/C17H14Cl2N4O2.C4H9NO2/c1-25-15-5-4-13(23-17(15)21-16(22-23)9-2-3-9)14(24)6-10-11(18)7-20-8-12(10)19;1-2-3-5-4(6)7/h4-5,7-9H,2-3,6H2,1H3;5H,2-3H2,1H3,(H,6,7). The molecular formula is C21H23Cl2N5O4. The fourth-order valence-electron chi connectivity index (χ4n) is 2.93. The first-order valence-electron chi connectivity index (χ1n) is 10.1. The molecule has 1 amide bonds. The number of nitrogens with zero attached hydrogens (tertiary/aromatic N) is 4. The highest BCUT2D eigenvalue weighted by atomic mass is 35.5. The zero-order chi connectivity index (χ0) is 23.3. The molecule has 0 bridgehead atoms. The number of Topliss-reactive ketones (excluding diaryl/α,β-unsaturated/α-hetero) is 1. The highest BCUT2D eigenvalue weighted by molar-refractivity contribution is 6.36. The van der Waals surface area contributed by atoms with Crippen LogP contribution >= 0.6 is 23.2 Å². The van der Waals surface area contributed by atoms with Gasteiger partial charge in [-0.25, -0.2) is 14.3 Å². The molecular weight excluding hydrogens is 457 g/mol. The second-order valence-corrected chi connectivity index (χ2v) is 7.99. The minimum absolute atomic E-state index is 0.0558. The van der Waals surface area contributed by atoms with Crippen LogP contribution in [-0.2, 0) is 6.42 Å². The molecule has 3 aromatic heterocycles. The van der Waals surface area contributed by atoms with Gasteiger partial charge in [-0.1, -0.05) is 30.1 Å². The molecule has 3 heterocycles. The van der Waals surface area contributed by atoms with E-state index in [9.17, 15) is 9.59 Å². The van der Waals surface area contributed by atoms with Crippen molar-refractivity contribution < 1.29 is 19.4 Å². The summed E-state index contributed by atoms with van der Waals surface area (Å²) < 4.78 is 6.90. The minimum Gasteiger partial charge on any atom is -0.493 e. The van der Waals surface area contributed by atoms with Gasteiger partial charge in [0.2, 0.25) is 0 Å². The van der Waals surface area contributed by atoms with E-state index < -0.39 is 6.09 Å².